The van der Waals surface area contributed by atoms with E-state index in [0.717, 1.165) is 38.8 Å². The van der Waals surface area contributed by atoms with E-state index in [-0.39, 0.29) is 12.1 Å². The molecule has 1 fully saturated rings. The number of hydrogen-bond acceptors (Lipinski definition) is 4. The van der Waals surface area contributed by atoms with Crippen molar-refractivity contribution in [3.05, 3.63) is 36.9 Å². The Bertz CT molecular complexity index is 718. The van der Waals surface area contributed by atoms with Gasteiger partial charge in [-0.1, -0.05) is 0 Å². The third-order valence-corrected chi connectivity index (χ3v) is 4.82. The Morgan fingerprint density at radius 1 is 1.31 bits per heavy atom. The number of piperidine rings is 1. The van der Waals surface area contributed by atoms with Crippen LogP contribution in [-0.2, 0) is 6.54 Å². The number of hydrogen-bond donors (Lipinski definition) is 1. The molecule has 26 heavy (non-hydrogen) atoms. The van der Waals surface area contributed by atoms with Gasteiger partial charge in [0, 0.05) is 37.6 Å². The number of aryl methyl sites for hydroxylation is 1. The molecule has 2 aromatic rings. The van der Waals surface area contributed by atoms with E-state index in [2.05, 4.69) is 14.9 Å². The molecule has 7 heteroatoms. The van der Waals surface area contributed by atoms with Gasteiger partial charge in [-0.25, -0.2) is 9.78 Å². The summed E-state index contributed by atoms with van der Waals surface area (Å²) in [6, 6.07) is 5.51. The molecule has 140 valence electrons. The summed E-state index contributed by atoms with van der Waals surface area (Å²) in [5.41, 5.74) is 0.621. The molecular weight excluding hydrogens is 332 g/mol. The van der Waals surface area contributed by atoms with E-state index < -0.39 is 0 Å². The molecule has 1 atom stereocenters. The van der Waals surface area contributed by atoms with Crippen LogP contribution in [0.25, 0.3) is 0 Å². The summed E-state index contributed by atoms with van der Waals surface area (Å²) in [5, 5.41) is 2.99. The van der Waals surface area contributed by atoms with Crippen LogP contribution in [0, 0.1) is 0 Å². The molecule has 2 heterocycles. The number of aromatic nitrogens is 2. The van der Waals surface area contributed by atoms with E-state index in [1.54, 1.807) is 32.5 Å². The Morgan fingerprint density at radius 2 is 2.19 bits per heavy atom. The van der Waals surface area contributed by atoms with Crippen LogP contribution < -0.4 is 14.8 Å². The van der Waals surface area contributed by atoms with Gasteiger partial charge < -0.3 is 24.3 Å². The van der Waals surface area contributed by atoms with Crippen LogP contribution in [-0.4, -0.2) is 47.3 Å². The van der Waals surface area contributed by atoms with Crippen LogP contribution >= 0.6 is 0 Å². The van der Waals surface area contributed by atoms with Crippen molar-refractivity contribution in [1.29, 1.82) is 0 Å². The summed E-state index contributed by atoms with van der Waals surface area (Å²) in [5.74, 6) is 1.29. The topological polar surface area (TPSA) is 68.6 Å². The fraction of sp³-hybridized carbons (Fsp3) is 0.474. The zero-order chi connectivity index (χ0) is 18.4. The number of imidazole rings is 1. The van der Waals surface area contributed by atoms with Crippen LogP contribution in [0.5, 0.6) is 11.5 Å². The molecule has 0 bridgehead atoms. The number of urea groups is 1. The molecule has 0 aliphatic carbocycles. The minimum atomic E-state index is -0.0908. The van der Waals surface area contributed by atoms with Crippen LogP contribution in [0.2, 0.25) is 0 Å². The highest BCUT2D eigenvalue weighted by Gasteiger charge is 2.27. The van der Waals surface area contributed by atoms with Crippen LogP contribution in [0.15, 0.2) is 36.9 Å². The number of nitrogens with zero attached hydrogens (tertiary/aromatic N) is 3. The third-order valence-electron chi connectivity index (χ3n) is 4.82. The average molecular weight is 358 g/mol. The largest absolute Gasteiger partial charge is 0.497 e. The molecule has 3 rings (SSSR count). The highest BCUT2D eigenvalue weighted by atomic mass is 16.5. The van der Waals surface area contributed by atoms with Gasteiger partial charge in [-0.2, -0.15) is 0 Å². The molecule has 7 nitrogen and oxygen atoms in total. The minimum absolute atomic E-state index is 0.0908. The second kappa shape index (κ2) is 8.60. The average Bonchev–Trinajstić information content (AvgIpc) is 3.20. The summed E-state index contributed by atoms with van der Waals surface area (Å²) in [6.07, 6.45) is 9.67. The fourth-order valence-electron chi connectivity index (χ4n) is 3.38. The molecule has 1 aromatic heterocycles. The monoisotopic (exact) mass is 358 g/mol. The lowest BCUT2D eigenvalue weighted by Gasteiger charge is -2.36. The quantitative estimate of drug-likeness (QED) is 0.859. The zero-order valence-electron chi connectivity index (χ0n) is 15.4. The second-order valence-corrected chi connectivity index (χ2v) is 6.43. The molecule has 0 spiro atoms. The van der Waals surface area contributed by atoms with E-state index in [1.807, 2.05) is 23.5 Å². The molecule has 1 aliphatic heterocycles. The number of anilines is 1. The lowest BCUT2D eigenvalue weighted by Crippen LogP contribution is -2.46. The van der Waals surface area contributed by atoms with Crippen molar-refractivity contribution in [3.63, 3.8) is 0 Å². The van der Waals surface area contributed by atoms with Crippen LogP contribution in [0.1, 0.15) is 25.7 Å². The summed E-state index contributed by atoms with van der Waals surface area (Å²) < 4.78 is 12.7. The molecule has 1 saturated heterocycles. The van der Waals surface area contributed by atoms with Gasteiger partial charge in [0.2, 0.25) is 0 Å². The van der Waals surface area contributed by atoms with Crippen molar-refractivity contribution in [2.75, 3.05) is 26.1 Å². The molecule has 1 aliphatic rings. The Labute approximate surface area is 153 Å². The fourth-order valence-corrected chi connectivity index (χ4v) is 3.38. The Kier molecular flexibility index (Phi) is 5.99. The van der Waals surface area contributed by atoms with E-state index >= 15 is 0 Å². The number of rotatable bonds is 6. The van der Waals surface area contributed by atoms with Gasteiger partial charge in [0.25, 0.3) is 0 Å². The summed E-state index contributed by atoms with van der Waals surface area (Å²) in [7, 11) is 3.19. The Balaban J connectivity index is 1.68. The van der Waals surface area contributed by atoms with Crippen molar-refractivity contribution in [2.24, 2.45) is 0 Å². The number of benzene rings is 1. The van der Waals surface area contributed by atoms with Crippen LogP contribution in [0.4, 0.5) is 10.5 Å². The first-order chi connectivity index (χ1) is 12.7. The van der Waals surface area contributed by atoms with Crippen LogP contribution in [0.3, 0.4) is 0 Å². The summed E-state index contributed by atoms with van der Waals surface area (Å²) >= 11 is 0. The number of methoxy groups -OCH3 is 2. The maximum absolute atomic E-state index is 12.9. The lowest BCUT2D eigenvalue weighted by atomic mass is 9.99. The van der Waals surface area contributed by atoms with Gasteiger partial charge in [-0.05, 0) is 37.8 Å². The van der Waals surface area contributed by atoms with Gasteiger partial charge in [0.1, 0.15) is 11.5 Å². The van der Waals surface area contributed by atoms with E-state index in [9.17, 15) is 4.79 Å². The number of amides is 2. The molecule has 0 unspecified atom stereocenters. The summed E-state index contributed by atoms with van der Waals surface area (Å²) in [6.45, 7) is 1.63. The Morgan fingerprint density at radius 3 is 2.92 bits per heavy atom. The predicted molar refractivity (Wildman–Crippen MR) is 99.8 cm³/mol. The number of nitrogens with one attached hydrogen (secondary N) is 1. The first kappa shape index (κ1) is 18.1. The minimum Gasteiger partial charge on any atom is -0.497 e. The third kappa shape index (κ3) is 4.28. The second-order valence-electron chi connectivity index (χ2n) is 6.43. The first-order valence-corrected chi connectivity index (χ1v) is 8.96. The number of likely N-dealkylation sites (tertiary alicyclic amines) is 1. The zero-order valence-corrected chi connectivity index (χ0v) is 15.4. The SMILES string of the molecule is COc1ccc(OC)c(NC(=O)N2CCCC[C@H]2CCn2ccnc2)c1. The van der Waals surface area contributed by atoms with Crippen molar-refractivity contribution in [2.45, 2.75) is 38.3 Å². The molecule has 0 radical (unpaired) electrons. The maximum atomic E-state index is 12.9. The molecule has 2 amide bonds. The van der Waals surface area contributed by atoms with E-state index in [0.29, 0.717) is 17.2 Å². The molecular formula is C19H26N4O3. The molecule has 1 N–H and O–H groups in total. The molecule has 0 saturated carbocycles. The van der Waals surface area contributed by atoms with Gasteiger partial charge >= 0.3 is 6.03 Å². The normalized spacial score (nSPS) is 17.0. The smallest absolute Gasteiger partial charge is 0.322 e. The van der Waals surface area contributed by atoms with E-state index in [1.165, 1.54) is 0 Å². The van der Waals surface area contributed by atoms with Crippen molar-refractivity contribution < 1.29 is 14.3 Å². The summed E-state index contributed by atoms with van der Waals surface area (Å²) in [4.78, 5) is 18.9. The Hall–Kier alpha value is -2.70. The molecule has 1 aromatic carbocycles. The van der Waals surface area contributed by atoms with Gasteiger partial charge in [0.15, 0.2) is 0 Å². The van der Waals surface area contributed by atoms with Crippen molar-refractivity contribution in [1.82, 2.24) is 14.5 Å². The standard InChI is InChI=1S/C19H26N4O3/c1-25-16-6-7-18(26-2)17(13-16)21-19(24)23-10-4-3-5-15(23)8-11-22-12-9-20-14-22/h6-7,9,12-15H,3-5,8,10-11H2,1-2H3,(H,21,24)/t15-/m0/s1. The van der Waals surface area contributed by atoms with Crippen molar-refractivity contribution in [3.8, 4) is 11.5 Å². The number of ether oxygens (including phenoxy) is 2. The van der Waals surface area contributed by atoms with Gasteiger partial charge in [-0.15, -0.1) is 0 Å². The van der Waals surface area contributed by atoms with Gasteiger partial charge in [0.05, 0.1) is 26.2 Å². The first-order valence-electron chi connectivity index (χ1n) is 8.96. The number of carbonyl (C=O) groups excluding carboxylic acids is 1. The predicted octanol–water partition coefficient (Wildman–Crippen LogP) is 3.38. The highest BCUT2D eigenvalue weighted by molar-refractivity contribution is 5.91. The van der Waals surface area contributed by atoms with Crippen molar-refractivity contribution >= 4 is 11.7 Å². The number of carbonyl (C=O) groups is 1. The van der Waals surface area contributed by atoms with Gasteiger partial charge in [-0.3, -0.25) is 0 Å². The van der Waals surface area contributed by atoms with E-state index in [4.69, 9.17) is 9.47 Å². The highest BCUT2D eigenvalue weighted by Crippen LogP contribution is 2.30. The maximum Gasteiger partial charge on any atom is 0.322 e. The lowest BCUT2D eigenvalue weighted by molar-refractivity contribution is 0.155.